The minimum Gasteiger partial charge on any atom is -0.495 e. The first-order valence-corrected chi connectivity index (χ1v) is 15.2. The van der Waals surface area contributed by atoms with E-state index in [2.05, 4.69) is 5.32 Å². The Morgan fingerprint density at radius 2 is 1.66 bits per heavy atom. The van der Waals surface area contributed by atoms with E-state index in [1.807, 2.05) is 0 Å². The Morgan fingerprint density at radius 3 is 2.32 bits per heavy atom. The third-order valence-electron chi connectivity index (χ3n) is 6.09. The Morgan fingerprint density at radius 1 is 0.947 bits per heavy atom. The first-order chi connectivity index (χ1) is 18.1. The highest BCUT2D eigenvalue weighted by Crippen LogP contribution is 2.31. The lowest BCUT2D eigenvalue weighted by atomic mass is 10.2. The van der Waals surface area contributed by atoms with Crippen molar-refractivity contribution in [3.63, 3.8) is 0 Å². The molecule has 0 spiro atoms. The average Bonchev–Trinajstić information content (AvgIpc) is 2.92. The fourth-order valence-corrected chi connectivity index (χ4v) is 7.51. The molecule has 1 aliphatic heterocycles. The molecule has 0 atom stereocenters. The van der Waals surface area contributed by atoms with Crippen LogP contribution in [0.4, 0.5) is 11.4 Å². The van der Waals surface area contributed by atoms with Gasteiger partial charge in [0, 0.05) is 23.8 Å². The number of methoxy groups -OCH3 is 1. The Bertz CT molecular complexity index is 1510. The number of hydrogen-bond acceptors (Lipinski definition) is 6. The Kier molecular flexibility index (Phi) is 8.61. The van der Waals surface area contributed by atoms with Crippen LogP contribution in [0.15, 0.2) is 82.6 Å². The van der Waals surface area contributed by atoms with Crippen LogP contribution in [0.25, 0.3) is 0 Å². The van der Waals surface area contributed by atoms with Crippen molar-refractivity contribution in [2.75, 3.05) is 36.4 Å². The molecule has 38 heavy (non-hydrogen) atoms. The van der Waals surface area contributed by atoms with Crippen molar-refractivity contribution in [2.45, 2.75) is 29.1 Å². The van der Waals surface area contributed by atoms with Crippen LogP contribution in [-0.2, 0) is 24.8 Å². The molecule has 4 rings (SSSR count). The number of amides is 1. The zero-order valence-electron chi connectivity index (χ0n) is 20.7. The zero-order chi connectivity index (χ0) is 27.3. The molecule has 3 aromatic carbocycles. The van der Waals surface area contributed by atoms with E-state index in [-0.39, 0.29) is 26.9 Å². The number of piperidine rings is 1. The van der Waals surface area contributed by atoms with Gasteiger partial charge in [-0.1, -0.05) is 42.3 Å². The van der Waals surface area contributed by atoms with E-state index in [4.69, 9.17) is 16.3 Å². The summed E-state index contributed by atoms with van der Waals surface area (Å²) in [7, 11) is -6.61. The van der Waals surface area contributed by atoms with Crippen molar-refractivity contribution >= 4 is 48.9 Å². The number of benzene rings is 3. The molecule has 1 amide bonds. The van der Waals surface area contributed by atoms with Crippen LogP contribution >= 0.6 is 11.6 Å². The predicted octanol–water partition coefficient (Wildman–Crippen LogP) is 4.36. The van der Waals surface area contributed by atoms with Gasteiger partial charge in [-0.05, 0) is 61.4 Å². The summed E-state index contributed by atoms with van der Waals surface area (Å²) in [5.41, 5.74) is 0.397. The molecule has 1 fully saturated rings. The van der Waals surface area contributed by atoms with Gasteiger partial charge in [0.05, 0.1) is 17.7 Å². The molecular formula is C26H28ClN3O6S2. The number of carbonyl (C=O) groups excluding carboxylic acids is 1. The minimum atomic E-state index is -4.12. The second-order valence-corrected chi connectivity index (χ2v) is 12.9. The van der Waals surface area contributed by atoms with E-state index in [0.717, 1.165) is 23.6 Å². The lowest BCUT2D eigenvalue weighted by Gasteiger charge is -2.27. The number of nitrogens with one attached hydrogen (secondary N) is 1. The predicted molar refractivity (Wildman–Crippen MR) is 147 cm³/mol. The van der Waals surface area contributed by atoms with Crippen molar-refractivity contribution in [3.8, 4) is 5.75 Å². The quantitative estimate of drug-likeness (QED) is 0.404. The Hall–Kier alpha value is -3.12. The molecule has 1 heterocycles. The van der Waals surface area contributed by atoms with Gasteiger partial charge in [-0.25, -0.2) is 16.8 Å². The number of halogens is 1. The monoisotopic (exact) mass is 577 g/mol. The fraction of sp³-hybridized carbons (Fsp3) is 0.269. The molecule has 1 saturated heterocycles. The molecule has 1 N–H and O–H groups in total. The first kappa shape index (κ1) is 27.9. The van der Waals surface area contributed by atoms with Gasteiger partial charge >= 0.3 is 0 Å². The molecule has 0 aromatic heterocycles. The first-order valence-electron chi connectivity index (χ1n) is 11.9. The highest BCUT2D eigenvalue weighted by molar-refractivity contribution is 7.92. The third kappa shape index (κ3) is 6.12. The number of ether oxygens (including phenoxy) is 1. The fourth-order valence-electron chi connectivity index (χ4n) is 4.20. The molecule has 0 saturated carbocycles. The second-order valence-electron chi connectivity index (χ2n) is 8.68. The van der Waals surface area contributed by atoms with E-state index in [1.165, 1.54) is 53.9 Å². The maximum Gasteiger partial charge on any atom is 0.264 e. The summed E-state index contributed by atoms with van der Waals surface area (Å²) in [6.07, 6.45) is 2.51. The van der Waals surface area contributed by atoms with Crippen LogP contribution in [-0.4, -0.2) is 53.8 Å². The summed E-state index contributed by atoms with van der Waals surface area (Å²) in [5.74, 6) is -0.517. The number of rotatable bonds is 9. The molecule has 0 aliphatic carbocycles. The summed E-state index contributed by atoms with van der Waals surface area (Å²) >= 11 is 6.11. The third-order valence-corrected chi connectivity index (χ3v) is 10.0. The topological polar surface area (TPSA) is 113 Å². The summed E-state index contributed by atoms with van der Waals surface area (Å²) in [6.45, 7) is 0.250. The van der Waals surface area contributed by atoms with E-state index in [0.29, 0.717) is 18.1 Å². The van der Waals surface area contributed by atoms with Crippen LogP contribution < -0.4 is 14.4 Å². The molecule has 0 bridgehead atoms. The van der Waals surface area contributed by atoms with E-state index >= 15 is 0 Å². The van der Waals surface area contributed by atoms with E-state index in [9.17, 15) is 21.6 Å². The second kappa shape index (κ2) is 11.7. The molecule has 0 radical (unpaired) electrons. The molecule has 3 aromatic rings. The van der Waals surface area contributed by atoms with Crippen LogP contribution in [0.1, 0.15) is 19.3 Å². The van der Waals surface area contributed by atoms with Crippen LogP contribution in [0.2, 0.25) is 5.02 Å². The smallest absolute Gasteiger partial charge is 0.264 e. The Balaban J connectivity index is 1.63. The standard InChI is InChI=1S/C26H28ClN3O6S2/c1-36-24-14-13-21(18-25(24)38(34,35)29-15-6-3-7-16-29)28-26(31)19-30(22-10-8-9-20(27)17-22)37(32,33)23-11-4-2-5-12-23/h2,4-5,8-14,17-18H,3,6-7,15-16,19H2,1H3,(H,28,31). The summed E-state index contributed by atoms with van der Waals surface area (Å²) < 4.78 is 61.3. The number of sulfonamides is 2. The van der Waals surface area contributed by atoms with Crippen molar-refractivity contribution in [1.82, 2.24) is 4.31 Å². The maximum atomic E-state index is 13.5. The molecule has 0 unspecified atom stereocenters. The van der Waals surface area contributed by atoms with E-state index in [1.54, 1.807) is 30.3 Å². The molecule has 1 aliphatic rings. The maximum absolute atomic E-state index is 13.5. The van der Waals surface area contributed by atoms with Gasteiger partial charge < -0.3 is 10.1 Å². The number of nitrogens with zero attached hydrogens (tertiary/aromatic N) is 2. The molecular weight excluding hydrogens is 550 g/mol. The Labute approximate surface area is 228 Å². The normalized spacial score (nSPS) is 14.6. The molecule has 202 valence electrons. The van der Waals surface area contributed by atoms with Gasteiger partial charge in [-0.2, -0.15) is 4.31 Å². The number of anilines is 2. The van der Waals surface area contributed by atoms with Gasteiger partial charge in [0.25, 0.3) is 10.0 Å². The number of hydrogen-bond donors (Lipinski definition) is 1. The van der Waals surface area contributed by atoms with Crippen LogP contribution in [0.3, 0.4) is 0 Å². The van der Waals surface area contributed by atoms with Crippen molar-refractivity contribution in [1.29, 1.82) is 0 Å². The van der Waals surface area contributed by atoms with Crippen LogP contribution in [0, 0.1) is 0 Å². The summed E-state index contributed by atoms with van der Waals surface area (Å²) in [6, 6.07) is 18.2. The SMILES string of the molecule is COc1ccc(NC(=O)CN(c2cccc(Cl)c2)S(=O)(=O)c2ccccc2)cc1S(=O)(=O)N1CCCCC1. The van der Waals surface area contributed by atoms with Crippen molar-refractivity contribution < 1.29 is 26.4 Å². The lowest BCUT2D eigenvalue weighted by Crippen LogP contribution is -2.38. The highest BCUT2D eigenvalue weighted by atomic mass is 35.5. The molecule has 12 heteroatoms. The van der Waals surface area contributed by atoms with Gasteiger partial charge in [-0.3, -0.25) is 9.10 Å². The lowest BCUT2D eigenvalue weighted by molar-refractivity contribution is -0.114. The summed E-state index contributed by atoms with van der Waals surface area (Å²) in [4.78, 5) is 13.1. The largest absolute Gasteiger partial charge is 0.495 e. The summed E-state index contributed by atoms with van der Waals surface area (Å²) in [5, 5.41) is 2.94. The minimum absolute atomic E-state index is 0.00661. The van der Waals surface area contributed by atoms with Gasteiger partial charge in [0.2, 0.25) is 15.9 Å². The zero-order valence-corrected chi connectivity index (χ0v) is 23.1. The highest BCUT2D eigenvalue weighted by Gasteiger charge is 2.30. The number of carbonyl (C=O) groups is 1. The van der Waals surface area contributed by atoms with Gasteiger partial charge in [0.15, 0.2) is 0 Å². The van der Waals surface area contributed by atoms with Gasteiger partial charge in [-0.15, -0.1) is 0 Å². The van der Waals surface area contributed by atoms with Crippen LogP contribution in [0.5, 0.6) is 5.75 Å². The van der Waals surface area contributed by atoms with Gasteiger partial charge in [0.1, 0.15) is 17.2 Å². The average molecular weight is 578 g/mol. The molecule has 9 nitrogen and oxygen atoms in total. The van der Waals surface area contributed by atoms with E-state index < -0.39 is 32.5 Å². The van der Waals surface area contributed by atoms with Crippen molar-refractivity contribution in [2.24, 2.45) is 0 Å². The van der Waals surface area contributed by atoms with Crippen molar-refractivity contribution in [3.05, 3.63) is 77.8 Å².